The number of hydrogen-bond acceptors (Lipinski definition) is 3. The third-order valence-electron chi connectivity index (χ3n) is 6.45. The van der Waals surface area contributed by atoms with Gasteiger partial charge in [-0.2, -0.15) is 0 Å². The molecule has 2 aliphatic rings. The number of rotatable bonds is 3. The minimum atomic E-state index is -0.493. The minimum absolute atomic E-state index is 0.493. The third-order valence-corrected chi connectivity index (χ3v) is 6.45. The van der Waals surface area contributed by atoms with Gasteiger partial charge < -0.3 is 5.73 Å². The Morgan fingerprint density at radius 1 is 1.03 bits per heavy atom. The van der Waals surface area contributed by atoms with Gasteiger partial charge in [-0.25, -0.2) is 4.79 Å². The van der Waals surface area contributed by atoms with Crippen LogP contribution < -0.4 is 10.6 Å². The number of aromatic nitrogens is 1. The average Bonchev–Trinajstić information content (AvgIpc) is 2.89. The van der Waals surface area contributed by atoms with Gasteiger partial charge in [0.2, 0.25) is 0 Å². The number of fused-ring (bicyclic) bond motifs is 2. The smallest absolute Gasteiger partial charge is 0.323 e. The molecule has 1 aliphatic heterocycles. The predicted octanol–water partition coefficient (Wildman–Crippen LogP) is 4.40. The van der Waals surface area contributed by atoms with Crippen molar-refractivity contribution in [2.24, 2.45) is 5.73 Å². The van der Waals surface area contributed by atoms with E-state index in [4.69, 9.17) is 5.73 Å². The Kier molecular flexibility index (Phi) is 4.68. The molecule has 3 aromatic rings. The van der Waals surface area contributed by atoms with Crippen LogP contribution in [0.25, 0.3) is 10.9 Å². The molecule has 1 fully saturated rings. The first-order valence-corrected chi connectivity index (χ1v) is 10.5. The molecule has 0 atom stereocenters. The maximum Gasteiger partial charge on any atom is 0.323 e. The Morgan fingerprint density at radius 3 is 2.59 bits per heavy atom. The summed E-state index contributed by atoms with van der Waals surface area (Å²) in [5, 5.41) is 0.988. The summed E-state index contributed by atoms with van der Waals surface area (Å²) in [6.45, 7) is 2.22. The third kappa shape index (κ3) is 3.36. The van der Waals surface area contributed by atoms with Crippen LogP contribution in [-0.2, 0) is 12.8 Å². The van der Waals surface area contributed by atoms with Crippen LogP contribution in [0.1, 0.15) is 30.4 Å². The highest BCUT2D eigenvalue weighted by Crippen LogP contribution is 2.33. The SMILES string of the molecule is NC(=O)N(c1ccc2c(c1)CCN(C1CCC1)CC2)c1cccc2cccnc12. The fourth-order valence-electron chi connectivity index (χ4n) is 4.64. The van der Waals surface area contributed by atoms with Crippen molar-refractivity contribution < 1.29 is 4.79 Å². The summed E-state index contributed by atoms with van der Waals surface area (Å²) in [5.74, 6) is 0. The maximum absolute atomic E-state index is 12.5. The van der Waals surface area contributed by atoms with Gasteiger partial charge in [0.25, 0.3) is 0 Å². The normalized spacial score (nSPS) is 17.4. The number of anilines is 2. The van der Waals surface area contributed by atoms with E-state index in [1.54, 1.807) is 11.1 Å². The Morgan fingerprint density at radius 2 is 1.83 bits per heavy atom. The molecule has 1 saturated carbocycles. The number of carbonyl (C=O) groups excluding carboxylic acids is 1. The molecular weight excluding hydrogens is 360 g/mol. The lowest BCUT2D eigenvalue weighted by Gasteiger charge is -2.36. The standard InChI is InChI=1S/C24H26N4O/c25-24(29)28(22-8-1-4-18-5-3-13-26-23(18)22)21-10-9-17-11-14-27(20-6-2-7-20)15-12-19(17)16-21/h1,3-5,8-10,13,16,20H,2,6-7,11-12,14-15H2,(H2,25,29). The highest BCUT2D eigenvalue weighted by atomic mass is 16.2. The number of carbonyl (C=O) groups is 1. The molecule has 2 aromatic carbocycles. The van der Waals surface area contributed by atoms with Crippen molar-refractivity contribution >= 4 is 28.3 Å². The summed E-state index contributed by atoms with van der Waals surface area (Å²) in [6.07, 6.45) is 7.87. The zero-order valence-electron chi connectivity index (χ0n) is 16.6. The maximum atomic E-state index is 12.5. The average molecular weight is 386 g/mol. The quantitative estimate of drug-likeness (QED) is 0.725. The lowest BCUT2D eigenvalue weighted by molar-refractivity contribution is 0.133. The van der Waals surface area contributed by atoms with Crippen LogP contribution >= 0.6 is 0 Å². The molecule has 148 valence electrons. The second-order valence-electron chi connectivity index (χ2n) is 8.10. The number of primary amides is 1. The van der Waals surface area contributed by atoms with Gasteiger partial charge in [-0.1, -0.05) is 30.7 Å². The summed E-state index contributed by atoms with van der Waals surface area (Å²) >= 11 is 0. The Hall–Kier alpha value is -2.92. The van der Waals surface area contributed by atoms with Crippen LogP contribution in [-0.4, -0.2) is 35.0 Å². The number of urea groups is 1. The zero-order chi connectivity index (χ0) is 19.8. The van der Waals surface area contributed by atoms with E-state index in [0.29, 0.717) is 0 Å². The van der Waals surface area contributed by atoms with E-state index in [1.807, 2.05) is 36.4 Å². The Balaban J connectivity index is 1.50. The number of para-hydroxylation sites is 1. The molecule has 5 nitrogen and oxygen atoms in total. The molecule has 0 saturated heterocycles. The molecule has 5 rings (SSSR count). The van der Waals surface area contributed by atoms with E-state index < -0.39 is 6.03 Å². The number of nitrogens with two attached hydrogens (primary N) is 1. The van der Waals surface area contributed by atoms with E-state index >= 15 is 0 Å². The monoisotopic (exact) mass is 386 g/mol. The van der Waals surface area contributed by atoms with Gasteiger partial charge in [-0.3, -0.25) is 14.8 Å². The molecule has 2 amide bonds. The molecule has 2 heterocycles. The Labute approximate surface area is 171 Å². The van der Waals surface area contributed by atoms with Gasteiger partial charge in [0.15, 0.2) is 0 Å². The van der Waals surface area contributed by atoms with Crippen LogP contribution in [0.3, 0.4) is 0 Å². The second kappa shape index (κ2) is 7.48. The first-order valence-electron chi connectivity index (χ1n) is 10.5. The summed E-state index contributed by atoms with van der Waals surface area (Å²) in [7, 11) is 0. The number of pyridine rings is 1. The van der Waals surface area contributed by atoms with Crippen molar-refractivity contribution in [1.29, 1.82) is 0 Å². The van der Waals surface area contributed by atoms with Gasteiger partial charge in [0.05, 0.1) is 16.9 Å². The van der Waals surface area contributed by atoms with Crippen LogP contribution in [0.2, 0.25) is 0 Å². The number of benzene rings is 2. The lowest BCUT2D eigenvalue weighted by atomic mass is 9.91. The molecule has 0 radical (unpaired) electrons. The van der Waals surface area contributed by atoms with E-state index in [0.717, 1.165) is 54.3 Å². The first kappa shape index (κ1) is 18.1. The summed E-state index contributed by atoms with van der Waals surface area (Å²) < 4.78 is 0. The van der Waals surface area contributed by atoms with Gasteiger partial charge in [0.1, 0.15) is 0 Å². The second-order valence-corrected chi connectivity index (χ2v) is 8.10. The van der Waals surface area contributed by atoms with Gasteiger partial charge in [0, 0.05) is 30.7 Å². The van der Waals surface area contributed by atoms with E-state index in [-0.39, 0.29) is 0 Å². The number of amides is 2. The van der Waals surface area contributed by atoms with Crippen LogP contribution in [0, 0.1) is 0 Å². The fourth-order valence-corrected chi connectivity index (χ4v) is 4.64. The summed E-state index contributed by atoms with van der Waals surface area (Å²) in [6, 6.07) is 16.4. The van der Waals surface area contributed by atoms with Crippen molar-refractivity contribution in [1.82, 2.24) is 9.88 Å². The van der Waals surface area contributed by atoms with Crippen molar-refractivity contribution in [2.45, 2.75) is 38.1 Å². The molecule has 29 heavy (non-hydrogen) atoms. The topological polar surface area (TPSA) is 62.5 Å². The van der Waals surface area contributed by atoms with E-state index in [9.17, 15) is 4.79 Å². The van der Waals surface area contributed by atoms with Crippen molar-refractivity contribution in [3.63, 3.8) is 0 Å². The van der Waals surface area contributed by atoms with Crippen molar-refractivity contribution in [3.05, 3.63) is 65.9 Å². The van der Waals surface area contributed by atoms with Crippen molar-refractivity contribution in [2.75, 3.05) is 18.0 Å². The molecular formula is C24H26N4O. The van der Waals surface area contributed by atoms with E-state index in [2.05, 4.69) is 22.0 Å². The van der Waals surface area contributed by atoms with Crippen LogP contribution in [0.5, 0.6) is 0 Å². The van der Waals surface area contributed by atoms with E-state index in [1.165, 1.54) is 30.4 Å². The Bertz CT molecular complexity index is 1050. The number of nitrogens with zero attached hydrogens (tertiary/aromatic N) is 3. The van der Waals surface area contributed by atoms with Crippen LogP contribution in [0.15, 0.2) is 54.7 Å². The number of hydrogen-bond donors (Lipinski definition) is 1. The van der Waals surface area contributed by atoms with Gasteiger partial charge >= 0.3 is 6.03 Å². The van der Waals surface area contributed by atoms with Gasteiger partial charge in [-0.15, -0.1) is 0 Å². The van der Waals surface area contributed by atoms with Gasteiger partial charge in [-0.05, 0) is 61.1 Å². The molecule has 1 aliphatic carbocycles. The molecule has 2 N–H and O–H groups in total. The van der Waals surface area contributed by atoms with Crippen molar-refractivity contribution in [3.8, 4) is 0 Å². The largest absolute Gasteiger partial charge is 0.351 e. The highest BCUT2D eigenvalue weighted by molar-refractivity contribution is 6.05. The lowest BCUT2D eigenvalue weighted by Crippen LogP contribution is -2.41. The summed E-state index contributed by atoms with van der Waals surface area (Å²) in [5.41, 5.74) is 10.9. The summed E-state index contributed by atoms with van der Waals surface area (Å²) in [4.78, 5) is 21.2. The molecule has 0 bridgehead atoms. The molecule has 0 spiro atoms. The molecule has 1 aromatic heterocycles. The predicted molar refractivity (Wildman–Crippen MR) is 117 cm³/mol. The molecule has 5 heteroatoms. The first-order chi connectivity index (χ1) is 14.2. The fraction of sp³-hybridized carbons (Fsp3) is 0.333. The minimum Gasteiger partial charge on any atom is -0.351 e. The molecule has 0 unspecified atom stereocenters. The zero-order valence-corrected chi connectivity index (χ0v) is 16.6. The highest BCUT2D eigenvalue weighted by Gasteiger charge is 2.27. The van der Waals surface area contributed by atoms with Crippen LogP contribution in [0.4, 0.5) is 16.2 Å².